The highest BCUT2D eigenvalue weighted by Gasteiger charge is 2.12. The fraction of sp³-hybridized carbons (Fsp3) is 0.231. The molecule has 0 atom stereocenters. The Hall–Kier alpha value is -1.61. The Labute approximate surface area is 93.5 Å². The first-order valence-corrected chi connectivity index (χ1v) is 5.50. The molecular weight excluding hydrogens is 203 g/mol. The maximum atomic E-state index is 12.8. The van der Waals surface area contributed by atoms with Gasteiger partial charge >= 0.3 is 0 Å². The maximum absolute atomic E-state index is 12.8. The summed E-state index contributed by atoms with van der Waals surface area (Å²) in [4.78, 5) is 3.41. The van der Waals surface area contributed by atoms with Crippen molar-refractivity contribution in [3.05, 3.63) is 47.4 Å². The van der Waals surface area contributed by atoms with Crippen LogP contribution < -0.4 is 5.32 Å². The summed E-state index contributed by atoms with van der Waals surface area (Å²) in [5.41, 5.74) is 4.74. The highest BCUT2D eigenvalue weighted by atomic mass is 19.1. The standard InChI is InChI=1S/C13H13FN2/c14-11-3-1-9(2-4-11)13-7-10-8-15-6-5-12(10)16-13/h1-4,7,15-16H,5-6,8H2. The lowest BCUT2D eigenvalue weighted by atomic mass is 10.1. The van der Waals surface area contributed by atoms with Crippen LogP contribution in [0, 0.1) is 5.82 Å². The summed E-state index contributed by atoms with van der Waals surface area (Å²) < 4.78 is 12.8. The number of aromatic nitrogens is 1. The Bertz CT molecular complexity index is 476. The monoisotopic (exact) mass is 216 g/mol. The van der Waals surface area contributed by atoms with E-state index in [0.29, 0.717) is 0 Å². The molecule has 0 saturated heterocycles. The van der Waals surface area contributed by atoms with Crippen molar-refractivity contribution in [1.29, 1.82) is 0 Å². The minimum atomic E-state index is -0.193. The maximum Gasteiger partial charge on any atom is 0.123 e. The number of fused-ring (bicyclic) bond motifs is 1. The lowest BCUT2D eigenvalue weighted by molar-refractivity contribution is 0.628. The largest absolute Gasteiger partial charge is 0.358 e. The first kappa shape index (κ1) is 9.60. The van der Waals surface area contributed by atoms with Gasteiger partial charge in [0.2, 0.25) is 0 Å². The van der Waals surface area contributed by atoms with Gasteiger partial charge < -0.3 is 10.3 Å². The molecule has 0 saturated carbocycles. The molecule has 2 N–H and O–H groups in total. The van der Waals surface area contributed by atoms with E-state index in [2.05, 4.69) is 16.4 Å². The lowest BCUT2D eigenvalue weighted by Gasteiger charge is -2.11. The number of rotatable bonds is 1. The number of hydrogen-bond donors (Lipinski definition) is 2. The van der Waals surface area contributed by atoms with E-state index >= 15 is 0 Å². The van der Waals surface area contributed by atoms with Gasteiger partial charge in [-0.15, -0.1) is 0 Å². The minimum absolute atomic E-state index is 0.193. The summed E-state index contributed by atoms with van der Waals surface area (Å²) in [7, 11) is 0. The molecule has 2 nitrogen and oxygen atoms in total. The smallest absolute Gasteiger partial charge is 0.123 e. The molecule has 0 spiro atoms. The summed E-state index contributed by atoms with van der Waals surface area (Å²) in [6.45, 7) is 1.95. The predicted molar refractivity (Wildman–Crippen MR) is 61.6 cm³/mol. The molecule has 1 aromatic carbocycles. The van der Waals surface area contributed by atoms with Gasteiger partial charge in [0, 0.05) is 30.9 Å². The Kier molecular flexibility index (Phi) is 2.26. The van der Waals surface area contributed by atoms with Crippen molar-refractivity contribution in [2.24, 2.45) is 0 Å². The van der Waals surface area contributed by atoms with E-state index in [1.54, 1.807) is 12.1 Å². The summed E-state index contributed by atoms with van der Waals surface area (Å²) in [6.07, 6.45) is 1.04. The second-order valence-corrected chi connectivity index (χ2v) is 4.12. The molecule has 0 amide bonds. The van der Waals surface area contributed by atoms with Crippen LogP contribution in [0.4, 0.5) is 4.39 Å². The predicted octanol–water partition coefficient (Wildman–Crippen LogP) is 2.47. The number of H-pyrrole nitrogens is 1. The molecule has 2 heterocycles. The molecule has 0 unspecified atom stereocenters. The topological polar surface area (TPSA) is 27.8 Å². The van der Waals surface area contributed by atoms with Crippen molar-refractivity contribution in [2.45, 2.75) is 13.0 Å². The van der Waals surface area contributed by atoms with Gasteiger partial charge in [0.05, 0.1) is 0 Å². The summed E-state index contributed by atoms with van der Waals surface area (Å²) >= 11 is 0. The zero-order chi connectivity index (χ0) is 11.0. The van der Waals surface area contributed by atoms with Crippen LogP contribution in [0.15, 0.2) is 30.3 Å². The number of halogens is 1. The summed E-state index contributed by atoms with van der Waals surface area (Å²) in [6, 6.07) is 8.75. The first-order chi connectivity index (χ1) is 7.83. The number of benzene rings is 1. The third kappa shape index (κ3) is 1.63. The van der Waals surface area contributed by atoms with Crippen molar-refractivity contribution in [2.75, 3.05) is 6.54 Å². The molecule has 1 aliphatic heterocycles. The SMILES string of the molecule is Fc1ccc(-c2cc3c([nH]2)CCNC3)cc1. The van der Waals surface area contributed by atoms with Gasteiger partial charge in [0.1, 0.15) is 5.82 Å². The van der Waals surface area contributed by atoms with Crippen molar-refractivity contribution in [1.82, 2.24) is 10.3 Å². The van der Waals surface area contributed by atoms with Gasteiger partial charge in [-0.2, -0.15) is 0 Å². The van der Waals surface area contributed by atoms with Crippen LogP contribution in [-0.4, -0.2) is 11.5 Å². The molecule has 0 radical (unpaired) electrons. The fourth-order valence-corrected chi connectivity index (χ4v) is 2.14. The van der Waals surface area contributed by atoms with Crippen molar-refractivity contribution in [3.63, 3.8) is 0 Å². The zero-order valence-electron chi connectivity index (χ0n) is 8.89. The van der Waals surface area contributed by atoms with Crippen molar-refractivity contribution >= 4 is 0 Å². The van der Waals surface area contributed by atoms with Crippen molar-refractivity contribution < 1.29 is 4.39 Å². The Morgan fingerprint density at radius 1 is 1.12 bits per heavy atom. The molecule has 1 aliphatic rings. The second kappa shape index (κ2) is 3.76. The van der Waals surface area contributed by atoms with E-state index in [4.69, 9.17) is 0 Å². The summed E-state index contributed by atoms with van der Waals surface area (Å²) in [5.74, 6) is -0.193. The van der Waals surface area contributed by atoms with Gasteiger partial charge in [-0.05, 0) is 41.5 Å². The van der Waals surface area contributed by atoms with E-state index in [1.165, 1.54) is 23.4 Å². The quantitative estimate of drug-likeness (QED) is 0.753. The molecule has 0 aliphatic carbocycles. The average Bonchev–Trinajstić information content (AvgIpc) is 2.73. The average molecular weight is 216 g/mol. The minimum Gasteiger partial charge on any atom is -0.358 e. The molecule has 0 bridgehead atoms. The van der Waals surface area contributed by atoms with Crippen LogP contribution in [-0.2, 0) is 13.0 Å². The van der Waals surface area contributed by atoms with Gasteiger partial charge in [0.15, 0.2) is 0 Å². The highest BCUT2D eigenvalue weighted by Crippen LogP contribution is 2.23. The van der Waals surface area contributed by atoms with Crippen LogP contribution in [0.5, 0.6) is 0 Å². The van der Waals surface area contributed by atoms with E-state index < -0.39 is 0 Å². The molecule has 3 rings (SSSR count). The van der Waals surface area contributed by atoms with Crippen LogP contribution in [0.1, 0.15) is 11.3 Å². The van der Waals surface area contributed by atoms with Crippen molar-refractivity contribution in [3.8, 4) is 11.3 Å². The second-order valence-electron chi connectivity index (χ2n) is 4.12. The van der Waals surface area contributed by atoms with Crippen LogP contribution >= 0.6 is 0 Å². The molecule has 16 heavy (non-hydrogen) atoms. The van der Waals surface area contributed by atoms with Gasteiger partial charge in [0.25, 0.3) is 0 Å². The normalized spacial score (nSPS) is 14.8. The molecule has 1 aromatic heterocycles. The first-order valence-electron chi connectivity index (χ1n) is 5.50. The van der Waals surface area contributed by atoms with E-state index in [1.807, 2.05) is 0 Å². The van der Waals surface area contributed by atoms with Crippen LogP contribution in [0.2, 0.25) is 0 Å². The molecular formula is C13H13FN2. The number of hydrogen-bond acceptors (Lipinski definition) is 1. The Morgan fingerprint density at radius 2 is 1.94 bits per heavy atom. The Morgan fingerprint density at radius 3 is 2.69 bits per heavy atom. The van der Waals surface area contributed by atoms with E-state index in [0.717, 1.165) is 30.8 Å². The molecule has 82 valence electrons. The molecule has 3 heteroatoms. The molecule has 0 fully saturated rings. The highest BCUT2D eigenvalue weighted by molar-refractivity contribution is 5.61. The number of nitrogens with one attached hydrogen (secondary N) is 2. The van der Waals surface area contributed by atoms with Gasteiger partial charge in [-0.1, -0.05) is 0 Å². The number of aromatic amines is 1. The van der Waals surface area contributed by atoms with Crippen LogP contribution in [0.3, 0.4) is 0 Å². The van der Waals surface area contributed by atoms with Crippen LogP contribution in [0.25, 0.3) is 11.3 Å². The lowest BCUT2D eigenvalue weighted by Crippen LogP contribution is -2.22. The molecule has 2 aromatic rings. The third-order valence-electron chi connectivity index (χ3n) is 3.01. The van der Waals surface area contributed by atoms with E-state index in [9.17, 15) is 4.39 Å². The fourth-order valence-electron chi connectivity index (χ4n) is 2.14. The Balaban J connectivity index is 2.00. The van der Waals surface area contributed by atoms with Gasteiger partial charge in [-0.25, -0.2) is 4.39 Å². The van der Waals surface area contributed by atoms with E-state index in [-0.39, 0.29) is 5.82 Å². The summed E-state index contributed by atoms with van der Waals surface area (Å²) in [5, 5.41) is 3.33. The van der Waals surface area contributed by atoms with Gasteiger partial charge in [-0.3, -0.25) is 0 Å². The third-order valence-corrected chi connectivity index (χ3v) is 3.01. The zero-order valence-corrected chi connectivity index (χ0v) is 8.89.